The van der Waals surface area contributed by atoms with E-state index in [1.165, 1.54) is 12.8 Å². The standard InChI is InChI=1S/C36H45NO8/c1-22-9-8-15-37(21-22)16-14-26(24-17-30(42-5)35(44-7)31(18-24)43-6)33-28(40-3)20-29(41-4)34-27(19-32(38)45-36(33)34)23-10-12-25(39-2)13-11-23/h10-13,17-18,20,22,26-27H,8-9,14-16,19,21H2,1-7H3/t22-,26+,27+/m0/s1. The number of nitrogens with zero attached hydrogens (tertiary/aromatic N) is 1. The molecule has 2 heterocycles. The molecule has 1 fully saturated rings. The second-order valence-corrected chi connectivity index (χ2v) is 11.8. The third kappa shape index (κ3) is 6.64. The van der Waals surface area contributed by atoms with E-state index in [0.29, 0.717) is 40.4 Å². The number of piperidine rings is 1. The molecule has 45 heavy (non-hydrogen) atoms. The zero-order valence-electron chi connectivity index (χ0n) is 27.4. The van der Waals surface area contributed by atoms with Crippen LogP contribution in [0.5, 0.6) is 40.2 Å². The zero-order valence-corrected chi connectivity index (χ0v) is 27.4. The molecule has 0 bridgehead atoms. The highest BCUT2D eigenvalue weighted by molar-refractivity contribution is 5.81. The zero-order chi connectivity index (χ0) is 32.1. The van der Waals surface area contributed by atoms with Gasteiger partial charge in [0.25, 0.3) is 0 Å². The molecule has 242 valence electrons. The Labute approximate surface area is 266 Å². The minimum atomic E-state index is -0.312. The number of carbonyl (C=O) groups excluding carboxylic acids is 1. The van der Waals surface area contributed by atoms with Gasteiger partial charge >= 0.3 is 5.97 Å². The second kappa shape index (κ2) is 14.3. The van der Waals surface area contributed by atoms with Crippen molar-refractivity contribution in [2.24, 2.45) is 5.92 Å². The minimum absolute atomic E-state index is 0.183. The molecule has 0 aliphatic carbocycles. The number of likely N-dealkylation sites (tertiary alicyclic amines) is 1. The summed E-state index contributed by atoms with van der Waals surface area (Å²) >= 11 is 0. The van der Waals surface area contributed by atoms with Crippen molar-refractivity contribution in [1.82, 2.24) is 4.90 Å². The number of ether oxygens (including phenoxy) is 7. The minimum Gasteiger partial charge on any atom is -0.497 e. The molecule has 0 amide bonds. The number of fused-ring (bicyclic) bond motifs is 1. The maximum Gasteiger partial charge on any atom is 0.312 e. The first kappa shape index (κ1) is 32.3. The average molecular weight is 620 g/mol. The van der Waals surface area contributed by atoms with E-state index in [2.05, 4.69) is 11.8 Å². The van der Waals surface area contributed by atoms with Crippen LogP contribution in [0.25, 0.3) is 0 Å². The van der Waals surface area contributed by atoms with E-state index in [1.807, 2.05) is 42.5 Å². The third-order valence-electron chi connectivity index (χ3n) is 9.09. The lowest BCUT2D eigenvalue weighted by Gasteiger charge is -2.34. The summed E-state index contributed by atoms with van der Waals surface area (Å²) in [6.45, 7) is 5.27. The van der Waals surface area contributed by atoms with Crippen LogP contribution in [0.2, 0.25) is 0 Å². The first-order valence-electron chi connectivity index (χ1n) is 15.5. The Morgan fingerprint density at radius 2 is 1.51 bits per heavy atom. The van der Waals surface area contributed by atoms with Gasteiger partial charge in [-0.2, -0.15) is 0 Å². The third-order valence-corrected chi connectivity index (χ3v) is 9.09. The number of hydrogen-bond acceptors (Lipinski definition) is 9. The summed E-state index contributed by atoms with van der Waals surface area (Å²) in [4.78, 5) is 15.9. The van der Waals surface area contributed by atoms with Gasteiger partial charge in [-0.25, -0.2) is 0 Å². The number of hydrogen-bond donors (Lipinski definition) is 0. The van der Waals surface area contributed by atoms with Crippen LogP contribution in [-0.2, 0) is 4.79 Å². The predicted octanol–water partition coefficient (Wildman–Crippen LogP) is 6.43. The summed E-state index contributed by atoms with van der Waals surface area (Å²) in [6, 6.07) is 13.7. The van der Waals surface area contributed by atoms with Gasteiger partial charge in [0.15, 0.2) is 11.5 Å². The van der Waals surface area contributed by atoms with Crippen LogP contribution < -0.4 is 33.2 Å². The Balaban J connectivity index is 1.72. The lowest BCUT2D eigenvalue weighted by molar-refractivity contribution is -0.135. The van der Waals surface area contributed by atoms with Crippen molar-refractivity contribution < 1.29 is 38.0 Å². The van der Waals surface area contributed by atoms with Gasteiger partial charge in [0.2, 0.25) is 5.75 Å². The average Bonchev–Trinajstić information content (AvgIpc) is 3.07. The Morgan fingerprint density at radius 3 is 2.09 bits per heavy atom. The summed E-state index contributed by atoms with van der Waals surface area (Å²) in [7, 11) is 9.72. The maximum absolute atomic E-state index is 13.4. The molecule has 2 aliphatic rings. The fraction of sp³-hybridized carbons (Fsp3) is 0.472. The quantitative estimate of drug-likeness (QED) is 0.168. The molecule has 5 rings (SSSR count). The number of rotatable bonds is 12. The molecule has 9 heteroatoms. The van der Waals surface area contributed by atoms with E-state index in [4.69, 9.17) is 33.2 Å². The molecule has 3 aromatic carbocycles. The van der Waals surface area contributed by atoms with E-state index in [9.17, 15) is 4.79 Å². The topological polar surface area (TPSA) is 84.9 Å². The van der Waals surface area contributed by atoms with E-state index in [1.54, 1.807) is 42.7 Å². The van der Waals surface area contributed by atoms with Gasteiger partial charge in [-0.15, -0.1) is 0 Å². The van der Waals surface area contributed by atoms with Crippen molar-refractivity contribution in [3.63, 3.8) is 0 Å². The van der Waals surface area contributed by atoms with Gasteiger partial charge in [0, 0.05) is 35.6 Å². The molecule has 0 saturated carbocycles. The molecule has 1 saturated heterocycles. The SMILES string of the molecule is COc1ccc([C@H]2CC(=O)Oc3c([C@H](CCN4CCC[C@H](C)C4)c4cc(OC)c(OC)c(OC)c4)c(OC)cc(OC)c32)cc1. The Morgan fingerprint density at radius 1 is 0.844 bits per heavy atom. The second-order valence-electron chi connectivity index (χ2n) is 11.8. The fourth-order valence-corrected chi connectivity index (χ4v) is 6.88. The van der Waals surface area contributed by atoms with Crippen LogP contribution >= 0.6 is 0 Å². The van der Waals surface area contributed by atoms with Crippen molar-refractivity contribution >= 4 is 5.97 Å². The fourth-order valence-electron chi connectivity index (χ4n) is 6.88. The lowest BCUT2D eigenvalue weighted by atomic mass is 9.79. The van der Waals surface area contributed by atoms with Crippen molar-refractivity contribution in [1.29, 1.82) is 0 Å². The lowest BCUT2D eigenvalue weighted by Crippen LogP contribution is -2.35. The van der Waals surface area contributed by atoms with Crippen molar-refractivity contribution in [3.05, 3.63) is 64.7 Å². The summed E-state index contributed by atoms with van der Waals surface area (Å²) < 4.78 is 40.7. The first-order valence-corrected chi connectivity index (χ1v) is 15.5. The van der Waals surface area contributed by atoms with Gasteiger partial charge in [0.1, 0.15) is 23.0 Å². The molecule has 3 atom stereocenters. The molecular weight excluding hydrogens is 574 g/mol. The Kier molecular flexibility index (Phi) is 10.3. The highest BCUT2D eigenvalue weighted by Gasteiger charge is 2.38. The van der Waals surface area contributed by atoms with Gasteiger partial charge in [-0.1, -0.05) is 19.1 Å². The van der Waals surface area contributed by atoms with E-state index in [0.717, 1.165) is 54.1 Å². The molecule has 0 radical (unpaired) electrons. The molecule has 0 unspecified atom stereocenters. The van der Waals surface area contributed by atoms with Crippen molar-refractivity contribution in [3.8, 4) is 40.2 Å². The first-order chi connectivity index (χ1) is 21.8. The molecule has 0 aromatic heterocycles. The summed E-state index contributed by atoms with van der Waals surface area (Å²) in [6.07, 6.45) is 3.35. The predicted molar refractivity (Wildman–Crippen MR) is 172 cm³/mol. The van der Waals surface area contributed by atoms with Crippen LogP contribution in [0.4, 0.5) is 0 Å². The van der Waals surface area contributed by atoms with Crippen molar-refractivity contribution in [2.75, 3.05) is 62.3 Å². The number of esters is 1. The summed E-state index contributed by atoms with van der Waals surface area (Å²) in [5.74, 6) is 3.84. The van der Waals surface area contributed by atoms with Gasteiger partial charge < -0.3 is 38.1 Å². The maximum atomic E-state index is 13.4. The highest BCUT2D eigenvalue weighted by atomic mass is 16.5. The number of methoxy groups -OCH3 is 6. The molecule has 3 aromatic rings. The van der Waals surface area contributed by atoms with E-state index < -0.39 is 0 Å². The van der Waals surface area contributed by atoms with Crippen LogP contribution in [0.3, 0.4) is 0 Å². The van der Waals surface area contributed by atoms with Crippen LogP contribution in [-0.4, -0.2) is 73.2 Å². The normalized spacial score (nSPS) is 18.8. The van der Waals surface area contributed by atoms with Gasteiger partial charge in [0.05, 0.1) is 49.1 Å². The molecule has 0 spiro atoms. The van der Waals surface area contributed by atoms with Crippen LogP contribution in [0.1, 0.15) is 66.7 Å². The summed E-state index contributed by atoms with van der Waals surface area (Å²) in [5.41, 5.74) is 3.51. The molecule has 2 aliphatic heterocycles. The number of carbonyl (C=O) groups is 1. The number of benzene rings is 3. The van der Waals surface area contributed by atoms with E-state index >= 15 is 0 Å². The molecule has 0 N–H and O–H groups in total. The van der Waals surface area contributed by atoms with Gasteiger partial charge in [-0.3, -0.25) is 4.79 Å². The largest absolute Gasteiger partial charge is 0.497 e. The summed E-state index contributed by atoms with van der Waals surface area (Å²) in [5, 5.41) is 0. The Hall–Kier alpha value is -4.11. The smallest absolute Gasteiger partial charge is 0.312 e. The van der Waals surface area contributed by atoms with Crippen LogP contribution in [0, 0.1) is 5.92 Å². The monoisotopic (exact) mass is 619 g/mol. The molecular formula is C36H45NO8. The van der Waals surface area contributed by atoms with E-state index in [-0.39, 0.29) is 24.2 Å². The van der Waals surface area contributed by atoms with Crippen molar-refractivity contribution in [2.45, 2.75) is 44.4 Å². The molecule has 9 nitrogen and oxygen atoms in total. The highest BCUT2D eigenvalue weighted by Crippen LogP contribution is 2.54. The Bertz CT molecular complexity index is 1460. The van der Waals surface area contributed by atoms with Crippen LogP contribution in [0.15, 0.2) is 42.5 Å². The van der Waals surface area contributed by atoms with Gasteiger partial charge in [-0.05, 0) is 73.7 Å².